The van der Waals surface area contributed by atoms with Crippen molar-refractivity contribution in [2.75, 3.05) is 6.61 Å². The molecule has 2 N–H and O–H groups in total. The van der Waals surface area contributed by atoms with Crippen LogP contribution in [-0.2, 0) is 9.53 Å². The first-order valence-electron chi connectivity index (χ1n) is 9.36. The monoisotopic (exact) mass is 388 g/mol. The van der Waals surface area contributed by atoms with Crippen LogP contribution in [0.5, 0.6) is 0 Å². The molecule has 6 heteroatoms. The highest BCUT2D eigenvalue weighted by Crippen LogP contribution is 2.44. The molecule has 1 aliphatic carbocycles. The van der Waals surface area contributed by atoms with Crippen LogP contribution in [0.25, 0.3) is 11.1 Å². The lowest BCUT2D eigenvalue weighted by Gasteiger charge is -2.19. The first-order chi connectivity index (χ1) is 14.1. The number of nitrogens with zero attached hydrogens (tertiary/aromatic N) is 1. The van der Waals surface area contributed by atoms with Gasteiger partial charge in [-0.3, -0.25) is 9.78 Å². The lowest BCUT2D eigenvalue weighted by atomic mass is 9.98. The molecule has 0 bridgehead atoms. The summed E-state index contributed by atoms with van der Waals surface area (Å²) >= 11 is 0. The Kier molecular flexibility index (Phi) is 5.24. The fourth-order valence-corrected chi connectivity index (χ4v) is 3.79. The van der Waals surface area contributed by atoms with E-state index >= 15 is 0 Å². The van der Waals surface area contributed by atoms with E-state index in [1.807, 2.05) is 36.4 Å². The van der Waals surface area contributed by atoms with E-state index in [9.17, 15) is 9.59 Å². The smallest absolute Gasteiger partial charge is 0.407 e. The molecule has 1 aliphatic rings. The minimum Gasteiger partial charge on any atom is -0.481 e. The maximum absolute atomic E-state index is 12.4. The number of nitrogens with one attached hydrogen (secondary N) is 1. The third-order valence-electron chi connectivity index (χ3n) is 5.10. The van der Waals surface area contributed by atoms with Gasteiger partial charge >= 0.3 is 12.1 Å². The molecular weight excluding hydrogens is 368 g/mol. The number of benzene rings is 2. The quantitative estimate of drug-likeness (QED) is 0.663. The molecule has 1 heterocycles. The molecule has 0 fully saturated rings. The van der Waals surface area contributed by atoms with Crippen molar-refractivity contribution in [2.45, 2.75) is 18.4 Å². The number of ether oxygens (including phenoxy) is 1. The number of carbonyl (C=O) groups is 2. The highest BCUT2D eigenvalue weighted by molar-refractivity contribution is 5.79. The predicted octanol–water partition coefficient (Wildman–Crippen LogP) is 4.14. The van der Waals surface area contributed by atoms with Gasteiger partial charge in [-0.1, -0.05) is 54.6 Å². The van der Waals surface area contributed by atoms with Gasteiger partial charge in [-0.15, -0.1) is 0 Å². The third-order valence-corrected chi connectivity index (χ3v) is 5.10. The van der Waals surface area contributed by atoms with Crippen molar-refractivity contribution in [3.8, 4) is 11.1 Å². The molecule has 6 nitrogen and oxygen atoms in total. The Morgan fingerprint density at radius 1 is 1.00 bits per heavy atom. The Labute approximate surface area is 168 Å². The van der Waals surface area contributed by atoms with Crippen LogP contribution in [0.15, 0.2) is 73.1 Å². The van der Waals surface area contributed by atoms with Gasteiger partial charge < -0.3 is 15.2 Å². The van der Waals surface area contributed by atoms with E-state index in [1.54, 1.807) is 18.3 Å². The van der Waals surface area contributed by atoms with Gasteiger partial charge in [-0.25, -0.2) is 4.79 Å². The Hall–Kier alpha value is -3.67. The summed E-state index contributed by atoms with van der Waals surface area (Å²) in [6, 6.07) is 18.9. The maximum Gasteiger partial charge on any atom is 0.407 e. The summed E-state index contributed by atoms with van der Waals surface area (Å²) in [5, 5.41) is 11.8. The first kappa shape index (κ1) is 18.7. The number of pyridine rings is 1. The number of carboxylic acids is 1. The lowest BCUT2D eigenvalue weighted by Crippen LogP contribution is -2.31. The normalized spacial score (nSPS) is 13.2. The largest absolute Gasteiger partial charge is 0.481 e. The number of carbonyl (C=O) groups excluding carboxylic acids is 1. The summed E-state index contributed by atoms with van der Waals surface area (Å²) in [5.41, 5.74) is 5.16. The van der Waals surface area contributed by atoms with E-state index < -0.39 is 18.1 Å². The van der Waals surface area contributed by atoms with Gasteiger partial charge in [0.05, 0.1) is 12.5 Å². The van der Waals surface area contributed by atoms with Gasteiger partial charge in [0.25, 0.3) is 0 Å². The second-order valence-corrected chi connectivity index (χ2v) is 6.91. The molecule has 1 atom stereocenters. The van der Waals surface area contributed by atoms with Gasteiger partial charge in [-0.2, -0.15) is 0 Å². The number of alkyl carbamates (subject to hydrolysis) is 1. The van der Waals surface area contributed by atoms with E-state index in [2.05, 4.69) is 22.4 Å². The molecule has 0 aliphatic heterocycles. The summed E-state index contributed by atoms with van der Waals surface area (Å²) in [7, 11) is 0. The van der Waals surface area contributed by atoms with Gasteiger partial charge in [0.2, 0.25) is 0 Å². The summed E-state index contributed by atoms with van der Waals surface area (Å²) in [6.45, 7) is 0.173. The van der Waals surface area contributed by atoms with E-state index in [0.29, 0.717) is 5.56 Å². The SMILES string of the molecule is O=C(O)C[C@H](NC(=O)OCC1c2ccccc2-c2ccccc21)c1cccnc1. The molecule has 0 spiro atoms. The van der Waals surface area contributed by atoms with Crippen molar-refractivity contribution in [1.29, 1.82) is 0 Å². The van der Waals surface area contributed by atoms with Crippen molar-refractivity contribution in [3.05, 3.63) is 89.7 Å². The van der Waals surface area contributed by atoms with Crippen LogP contribution in [0.2, 0.25) is 0 Å². The minimum absolute atomic E-state index is 0.0514. The summed E-state index contributed by atoms with van der Waals surface area (Å²) < 4.78 is 5.51. The van der Waals surface area contributed by atoms with Crippen LogP contribution >= 0.6 is 0 Å². The second kappa shape index (κ2) is 8.14. The van der Waals surface area contributed by atoms with Gasteiger partial charge in [0, 0.05) is 18.3 Å². The van der Waals surface area contributed by atoms with Crippen LogP contribution in [0, 0.1) is 0 Å². The molecule has 2 aromatic carbocycles. The van der Waals surface area contributed by atoms with Crippen LogP contribution in [0.1, 0.15) is 35.1 Å². The standard InChI is InChI=1S/C23H20N2O4/c26-22(27)12-21(15-6-5-11-24-13-15)25-23(28)29-14-20-18-9-3-1-7-16(18)17-8-2-4-10-19(17)20/h1-11,13,20-21H,12,14H2,(H,25,28)(H,26,27)/t21-/m0/s1. The number of rotatable bonds is 6. The second-order valence-electron chi connectivity index (χ2n) is 6.91. The summed E-state index contributed by atoms with van der Waals surface area (Å²) in [5.74, 6) is -1.07. The van der Waals surface area contributed by atoms with Crippen LogP contribution < -0.4 is 5.32 Å². The molecule has 0 unspecified atom stereocenters. The Bertz CT molecular complexity index is 990. The van der Waals surface area contributed by atoms with Gasteiger partial charge in [0.1, 0.15) is 6.61 Å². The minimum atomic E-state index is -1.02. The highest BCUT2D eigenvalue weighted by Gasteiger charge is 2.29. The van der Waals surface area contributed by atoms with Crippen molar-refractivity contribution in [1.82, 2.24) is 10.3 Å². The average molecular weight is 388 g/mol. The molecule has 4 rings (SSSR count). The lowest BCUT2D eigenvalue weighted by molar-refractivity contribution is -0.137. The molecule has 3 aromatic rings. The fourth-order valence-electron chi connectivity index (χ4n) is 3.79. The number of carboxylic acid groups (broad SMARTS) is 1. The van der Waals surface area contributed by atoms with E-state index in [-0.39, 0.29) is 18.9 Å². The van der Waals surface area contributed by atoms with Gasteiger partial charge in [-0.05, 0) is 33.9 Å². The Morgan fingerprint density at radius 3 is 2.24 bits per heavy atom. The molecule has 1 amide bonds. The number of fused-ring (bicyclic) bond motifs is 3. The molecule has 29 heavy (non-hydrogen) atoms. The van der Waals surface area contributed by atoms with Crippen molar-refractivity contribution < 1.29 is 19.4 Å². The highest BCUT2D eigenvalue weighted by atomic mass is 16.5. The molecule has 146 valence electrons. The Morgan fingerprint density at radius 2 is 1.66 bits per heavy atom. The van der Waals surface area contributed by atoms with Crippen molar-refractivity contribution in [3.63, 3.8) is 0 Å². The van der Waals surface area contributed by atoms with Crippen LogP contribution in [-0.4, -0.2) is 28.8 Å². The number of hydrogen-bond acceptors (Lipinski definition) is 4. The third kappa shape index (κ3) is 3.96. The number of aromatic nitrogens is 1. The average Bonchev–Trinajstić information content (AvgIpc) is 3.06. The van der Waals surface area contributed by atoms with Crippen LogP contribution in [0.4, 0.5) is 4.79 Å². The Balaban J connectivity index is 1.47. The van der Waals surface area contributed by atoms with Gasteiger partial charge in [0.15, 0.2) is 0 Å². The predicted molar refractivity (Wildman–Crippen MR) is 107 cm³/mol. The fraction of sp³-hybridized carbons (Fsp3) is 0.174. The van der Waals surface area contributed by atoms with E-state index in [1.165, 1.54) is 6.20 Å². The van der Waals surface area contributed by atoms with Crippen molar-refractivity contribution in [2.24, 2.45) is 0 Å². The van der Waals surface area contributed by atoms with E-state index in [0.717, 1.165) is 22.3 Å². The molecule has 0 saturated carbocycles. The zero-order valence-corrected chi connectivity index (χ0v) is 15.6. The number of amides is 1. The topological polar surface area (TPSA) is 88.5 Å². The molecule has 1 aromatic heterocycles. The summed E-state index contributed by atoms with van der Waals surface area (Å²) in [4.78, 5) is 27.6. The number of hydrogen-bond donors (Lipinski definition) is 2. The van der Waals surface area contributed by atoms with Crippen molar-refractivity contribution >= 4 is 12.1 Å². The molecule has 0 radical (unpaired) electrons. The molecule has 0 saturated heterocycles. The van der Waals surface area contributed by atoms with Crippen LogP contribution in [0.3, 0.4) is 0 Å². The zero-order valence-electron chi connectivity index (χ0n) is 15.6. The molecular formula is C23H20N2O4. The number of aliphatic carboxylic acids is 1. The van der Waals surface area contributed by atoms with E-state index in [4.69, 9.17) is 9.84 Å². The summed E-state index contributed by atoms with van der Waals surface area (Å²) in [6.07, 6.45) is 2.23. The maximum atomic E-state index is 12.4. The zero-order chi connectivity index (χ0) is 20.2. The first-order valence-corrected chi connectivity index (χ1v) is 9.36.